The number of aliphatic hydroxyl groups excluding tert-OH is 1. The molecule has 0 heterocycles. The summed E-state index contributed by atoms with van der Waals surface area (Å²) in [4.78, 5) is 0. The predicted molar refractivity (Wildman–Crippen MR) is 30.1 cm³/mol. The molecule has 0 rings (SSSR count). The number of hydrogen-bond donors (Lipinski definition) is 2. The van der Waals surface area contributed by atoms with E-state index in [0.29, 0.717) is 0 Å². The van der Waals surface area contributed by atoms with Gasteiger partial charge in [-0.15, -0.1) is 0 Å². The molecule has 6 nitrogen and oxygen atoms in total. The molecule has 2 N–H and O–H groups in total. The normalized spacial score (nSPS) is 12.4. The van der Waals surface area contributed by atoms with Gasteiger partial charge in [-0.25, -0.2) is 4.18 Å². The molecule has 0 aliphatic carbocycles. The first-order valence-corrected chi connectivity index (χ1v) is 3.62. The van der Waals surface area contributed by atoms with E-state index in [1.54, 1.807) is 0 Å². The van der Waals surface area contributed by atoms with Crippen LogP contribution in [0.4, 0.5) is 0 Å². The van der Waals surface area contributed by atoms with E-state index in [-0.39, 0.29) is 0 Å². The zero-order chi connectivity index (χ0) is 8.20. The fourth-order valence-electron chi connectivity index (χ4n) is 0.192. The molecular formula is C3H8O6S. The second-order valence-corrected chi connectivity index (χ2v) is 2.73. The molecule has 0 aromatic rings. The Morgan fingerprint density at radius 2 is 2.00 bits per heavy atom. The monoisotopic (exact) mass is 172 g/mol. The lowest BCUT2D eigenvalue weighted by atomic mass is 10.7. The first-order chi connectivity index (χ1) is 4.48. The van der Waals surface area contributed by atoms with Crippen LogP contribution in [0.2, 0.25) is 0 Å². The quantitative estimate of drug-likeness (QED) is 0.486. The highest BCUT2D eigenvalue weighted by atomic mass is 32.3. The van der Waals surface area contributed by atoms with Crippen molar-refractivity contribution in [1.29, 1.82) is 0 Å². The fraction of sp³-hybridized carbons (Fsp3) is 1.00. The Labute approximate surface area is 58.3 Å². The van der Waals surface area contributed by atoms with Gasteiger partial charge >= 0.3 is 10.4 Å². The van der Waals surface area contributed by atoms with Gasteiger partial charge in [-0.1, -0.05) is 0 Å². The summed E-state index contributed by atoms with van der Waals surface area (Å²) < 4.78 is 28.2. The zero-order valence-electron chi connectivity index (χ0n) is 5.22. The minimum Gasteiger partial charge on any atom is -0.366 e. The molecule has 0 aliphatic rings. The van der Waals surface area contributed by atoms with E-state index >= 15 is 0 Å². The summed E-state index contributed by atoms with van der Waals surface area (Å²) in [5.41, 5.74) is 0. The van der Waals surface area contributed by atoms with Gasteiger partial charge in [-0.2, -0.15) is 8.42 Å². The van der Waals surface area contributed by atoms with Crippen LogP contribution < -0.4 is 0 Å². The molecule has 0 aliphatic heterocycles. The molecule has 0 amide bonds. The van der Waals surface area contributed by atoms with Crippen molar-refractivity contribution < 1.29 is 27.0 Å². The van der Waals surface area contributed by atoms with Crippen molar-refractivity contribution >= 4 is 10.4 Å². The van der Waals surface area contributed by atoms with Crippen molar-refractivity contribution in [2.45, 2.75) is 6.29 Å². The molecule has 0 radical (unpaired) electrons. The van der Waals surface area contributed by atoms with Gasteiger partial charge < -0.3 is 10.2 Å². The van der Waals surface area contributed by atoms with Crippen LogP contribution >= 0.6 is 0 Å². The van der Waals surface area contributed by atoms with Crippen LogP contribution in [0, 0.1) is 0 Å². The smallest absolute Gasteiger partial charge is 0.366 e. The summed E-state index contributed by atoms with van der Waals surface area (Å²) >= 11 is 0. The van der Waals surface area contributed by atoms with Crippen LogP contribution in [-0.4, -0.2) is 38.6 Å². The van der Waals surface area contributed by atoms with E-state index < -0.39 is 23.3 Å². The van der Waals surface area contributed by atoms with Gasteiger partial charge in [-0.3, -0.25) is 4.18 Å². The van der Waals surface area contributed by atoms with Gasteiger partial charge in [0.2, 0.25) is 0 Å². The average molecular weight is 172 g/mol. The van der Waals surface area contributed by atoms with Crippen molar-refractivity contribution in [2.24, 2.45) is 0 Å². The molecule has 0 aromatic heterocycles. The Morgan fingerprint density at radius 1 is 1.50 bits per heavy atom. The van der Waals surface area contributed by atoms with Gasteiger partial charge in [0.05, 0.1) is 7.11 Å². The molecule has 0 saturated carbocycles. The molecule has 10 heavy (non-hydrogen) atoms. The third-order valence-corrected chi connectivity index (χ3v) is 1.40. The van der Waals surface area contributed by atoms with Crippen LogP contribution in [0.25, 0.3) is 0 Å². The minimum atomic E-state index is -4.03. The maximum atomic E-state index is 10.2. The van der Waals surface area contributed by atoms with Crippen molar-refractivity contribution in [3.63, 3.8) is 0 Å². The molecule has 0 unspecified atom stereocenters. The number of hydrogen-bond acceptors (Lipinski definition) is 6. The Morgan fingerprint density at radius 3 is 2.30 bits per heavy atom. The lowest BCUT2D eigenvalue weighted by Gasteiger charge is -2.02. The van der Waals surface area contributed by atoms with E-state index in [1.165, 1.54) is 0 Å². The molecular weight excluding hydrogens is 164 g/mol. The van der Waals surface area contributed by atoms with Crippen molar-refractivity contribution in [3.05, 3.63) is 0 Å². The summed E-state index contributed by atoms with van der Waals surface area (Å²) in [6.07, 6.45) is -1.81. The maximum Gasteiger partial charge on any atom is 0.399 e. The van der Waals surface area contributed by atoms with Crippen LogP contribution in [0.3, 0.4) is 0 Å². The Bertz CT molecular complexity index is 169. The fourth-order valence-corrected chi connectivity index (χ4v) is 0.577. The van der Waals surface area contributed by atoms with E-state index in [0.717, 1.165) is 7.11 Å². The summed E-state index contributed by atoms with van der Waals surface area (Å²) in [5.74, 6) is 0. The molecule has 0 bridgehead atoms. The summed E-state index contributed by atoms with van der Waals surface area (Å²) in [6, 6.07) is 0. The Hall–Kier alpha value is -0.210. The standard InChI is InChI=1S/C3H8O6S/c1-8-10(6,7)9-2-3(4)5/h3-5H,2H2,1H3. The second-order valence-electron chi connectivity index (χ2n) is 1.34. The molecule has 0 atom stereocenters. The highest BCUT2D eigenvalue weighted by Gasteiger charge is 2.10. The van der Waals surface area contributed by atoms with Crippen LogP contribution in [0.15, 0.2) is 0 Å². The van der Waals surface area contributed by atoms with E-state index in [4.69, 9.17) is 10.2 Å². The lowest BCUT2D eigenvalue weighted by Crippen LogP contribution is -2.18. The highest BCUT2D eigenvalue weighted by molar-refractivity contribution is 7.81. The Balaban J connectivity index is 3.70. The van der Waals surface area contributed by atoms with Crippen LogP contribution in [-0.2, 0) is 18.8 Å². The second kappa shape index (κ2) is 3.84. The van der Waals surface area contributed by atoms with E-state index in [2.05, 4.69) is 8.37 Å². The van der Waals surface area contributed by atoms with Gasteiger partial charge in [-0.05, 0) is 0 Å². The SMILES string of the molecule is COS(=O)(=O)OCC(O)O. The summed E-state index contributed by atoms with van der Waals surface area (Å²) in [6.45, 7) is -0.726. The molecule has 0 saturated heterocycles. The van der Waals surface area contributed by atoms with Crippen molar-refractivity contribution in [2.75, 3.05) is 13.7 Å². The molecule has 7 heteroatoms. The first-order valence-electron chi connectivity index (χ1n) is 2.29. The van der Waals surface area contributed by atoms with Crippen molar-refractivity contribution in [3.8, 4) is 0 Å². The summed E-state index contributed by atoms with van der Waals surface area (Å²) in [5, 5.41) is 16.2. The van der Waals surface area contributed by atoms with Gasteiger partial charge in [0, 0.05) is 0 Å². The molecule has 0 fully saturated rings. The van der Waals surface area contributed by atoms with Crippen molar-refractivity contribution in [1.82, 2.24) is 0 Å². The average Bonchev–Trinajstić information content (AvgIpc) is 1.85. The number of aliphatic hydroxyl groups is 2. The Kier molecular flexibility index (Phi) is 3.76. The molecule has 62 valence electrons. The van der Waals surface area contributed by atoms with Crippen LogP contribution in [0.5, 0.6) is 0 Å². The van der Waals surface area contributed by atoms with Gasteiger partial charge in [0.15, 0.2) is 6.29 Å². The predicted octanol–water partition coefficient (Wildman–Crippen LogP) is -1.80. The van der Waals surface area contributed by atoms with Crippen LogP contribution in [0.1, 0.15) is 0 Å². The third-order valence-electron chi connectivity index (χ3n) is 0.566. The maximum absolute atomic E-state index is 10.2. The molecule has 0 aromatic carbocycles. The zero-order valence-corrected chi connectivity index (χ0v) is 6.04. The first kappa shape index (κ1) is 9.79. The van der Waals surface area contributed by atoms with E-state index in [9.17, 15) is 8.42 Å². The van der Waals surface area contributed by atoms with Gasteiger partial charge in [0.25, 0.3) is 0 Å². The minimum absolute atomic E-state index is 0.726. The van der Waals surface area contributed by atoms with Gasteiger partial charge in [0.1, 0.15) is 6.61 Å². The third kappa shape index (κ3) is 4.65. The summed E-state index contributed by atoms with van der Waals surface area (Å²) in [7, 11) is -3.13. The topological polar surface area (TPSA) is 93.1 Å². The largest absolute Gasteiger partial charge is 0.399 e. The van der Waals surface area contributed by atoms with E-state index in [1.807, 2.05) is 0 Å². The highest BCUT2D eigenvalue weighted by Crippen LogP contribution is 1.92. The lowest BCUT2D eigenvalue weighted by molar-refractivity contribution is -0.0691. The number of rotatable bonds is 4. The molecule has 0 spiro atoms.